The Labute approximate surface area is 122 Å². The van der Waals surface area contributed by atoms with Crippen molar-refractivity contribution in [1.82, 2.24) is 10.9 Å². The molecule has 2 amide bonds. The van der Waals surface area contributed by atoms with Crippen LogP contribution in [0, 0.1) is 23.7 Å². The molecular weight excluding hydrogens is 276 g/mol. The summed E-state index contributed by atoms with van der Waals surface area (Å²) < 4.78 is 4.99. The Morgan fingerprint density at radius 1 is 1.10 bits per heavy atom. The van der Waals surface area contributed by atoms with Gasteiger partial charge in [0, 0.05) is 0 Å². The van der Waals surface area contributed by atoms with E-state index in [1.807, 2.05) is 12.2 Å². The molecule has 4 atom stereocenters. The Kier molecular flexibility index (Phi) is 3.93. The SMILES string of the molecule is CC(C)(C)OC(=O)NNC(=O)C1C2C=CC(C2)C1C(=O)O. The number of rotatable bonds is 2. The van der Waals surface area contributed by atoms with E-state index in [9.17, 15) is 19.5 Å². The lowest BCUT2D eigenvalue weighted by atomic mass is 9.82. The smallest absolute Gasteiger partial charge is 0.426 e. The van der Waals surface area contributed by atoms with E-state index >= 15 is 0 Å². The minimum absolute atomic E-state index is 0.0865. The Balaban J connectivity index is 1.93. The molecule has 2 aliphatic rings. The third-order valence-electron chi connectivity index (χ3n) is 3.73. The van der Waals surface area contributed by atoms with Crippen LogP contribution in [-0.2, 0) is 14.3 Å². The van der Waals surface area contributed by atoms with Crippen molar-refractivity contribution < 1.29 is 24.2 Å². The molecule has 7 heteroatoms. The zero-order valence-corrected chi connectivity index (χ0v) is 12.3. The Bertz CT molecular complexity index is 494. The summed E-state index contributed by atoms with van der Waals surface area (Å²) >= 11 is 0. The number of hydrazine groups is 1. The maximum absolute atomic E-state index is 12.1. The molecule has 0 heterocycles. The number of fused-ring (bicyclic) bond motifs is 2. The quantitative estimate of drug-likeness (QED) is 0.522. The van der Waals surface area contributed by atoms with E-state index in [1.165, 1.54) is 0 Å². The minimum Gasteiger partial charge on any atom is -0.481 e. The van der Waals surface area contributed by atoms with Crippen LogP contribution in [0.4, 0.5) is 4.79 Å². The van der Waals surface area contributed by atoms with E-state index in [0.29, 0.717) is 6.42 Å². The maximum Gasteiger partial charge on any atom is 0.426 e. The first-order chi connectivity index (χ1) is 9.69. The predicted molar refractivity (Wildman–Crippen MR) is 72.9 cm³/mol. The molecule has 2 bridgehead atoms. The van der Waals surface area contributed by atoms with Crippen LogP contribution in [0.15, 0.2) is 12.2 Å². The number of hydrogen-bond acceptors (Lipinski definition) is 4. The van der Waals surface area contributed by atoms with Crippen molar-refractivity contribution in [2.24, 2.45) is 23.7 Å². The van der Waals surface area contributed by atoms with Crippen LogP contribution >= 0.6 is 0 Å². The van der Waals surface area contributed by atoms with Crippen LogP contribution in [0.3, 0.4) is 0 Å². The van der Waals surface area contributed by atoms with Gasteiger partial charge in [-0.2, -0.15) is 0 Å². The third kappa shape index (κ3) is 3.34. The molecule has 0 aliphatic heterocycles. The number of amides is 2. The molecule has 3 N–H and O–H groups in total. The average molecular weight is 296 g/mol. The lowest BCUT2D eigenvalue weighted by Crippen LogP contribution is -2.49. The summed E-state index contributed by atoms with van der Waals surface area (Å²) in [7, 11) is 0. The second-order valence-electron chi connectivity index (χ2n) is 6.45. The van der Waals surface area contributed by atoms with Gasteiger partial charge in [-0.25, -0.2) is 10.2 Å². The van der Waals surface area contributed by atoms with Gasteiger partial charge in [0.2, 0.25) is 5.91 Å². The van der Waals surface area contributed by atoms with Gasteiger partial charge in [-0.3, -0.25) is 15.0 Å². The molecule has 2 aliphatic carbocycles. The fourth-order valence-electron chi connectivity index (χ4n) is 3.02. The number of hydrogen-bond donors (Lipinski definition) is 3. The zero-order valence-electron chi connectivity index (χ0n) is 12.3. The highest BCUT2D eigenvalue weighted by Gasteiger charge is 2.51. The van der Waals surface area contributed by atoms with E-state index in [1.54, 1.807) is 20.8 Å². The normalized spacial score (nSPS) is 30.0. The Morgan fingerprint density at radius 2 is 1.67 bits per heavy atom. The number of nitrogens with one attached hydrogen (secondary N) is 2. The van der Waals surface area contributed by atoms with Crippen LogP contribution in [0.1, 0.15) is 27.2 Å². The van der Waals surface area contributed by atoms with E-state index in [4.69, 9.17) is 4.74 Å². The standard InChI is InChI=1S/C14H20N2O5/c1-14(2,3)21-13(20)16-15-11(17)9-7-4-5-8(6-7)10(9)12(18)19/h4-5,7-10H,6H2,1-3H3,(H,15,17)(H,16,20)(H,18,19). The van der Waals surface area contributed by atoms with Crippen molar-refractivity contribution in [3.63, 3.8) is 0 Å². The molecule has 0 aromatic carbocycles. The molecule has 1 fully saturated rings. The van der Waals surface area contributed by atoms with Gasteiger partial charge in [-0.1, -0.05) is 12.2 Å². The molecule has 4 unspecified atom stereocenters. The van der Waals surface area contributed by atoms with Crippen LogP contribution < -0.4 is 10.9 Å². The fraction of sp³-hybridized carbons (Fsp3) is 0.643. The first-order valence-corrected chi connectivity index (χ1v) is 6.89. The van der Waals surface area contributed by atoms with E-state index in [2.05, 4.69) is 10.9 Å². The highest BCUT2D eigenvalue weighted by molar-refractivity contribution is 5.87. The topological polar surface area (TPSA) is 105 Å². The number of carboxylic acids is 1. The summed E-state index contributed by atoms with van der Waals surface area (Å²) in [5, 5.41) is 9.26. The Morgan fingerprint density at radius 3 is 2.19 bits per heavy atom. The van der Waals surface area contributed by atoms with Crippen LogP contribution in [0.2, 0.25) is 0 Å². The van der Waals surface area contributed by atoms with E-state index in [0.717, 1.165) is 0 Å². The highest BCUT2D eigenvalue weighted by atomic mass is 16.6. The molecule has 0 aromatic heterocycles. The minimum atomic E-state index is -0.982. The molecule has 116 valence electrons. The molecule has 21 heavy (non-hydrogen) atoms. The molecule has 2 rings (SSSR count). The number of allylic oxidation sites excluding steroid dienone is 2. The zero-order chi connectivity index (χ0) is 15.8. The van der Waals surface area contributed by atoms with Gasteiger partial charge in [0.1, 0.15) is 5.60 Å². The number of carbonyl (C=O) groups is 3. The summed E-state index contributed by atoms with van der Waals surface area (Å²) in [6.45, 7) is 5.11. The van der Waals surface area contributed by atoms with Gasteiger partial charge in [-0.15, -0.1) is 0 Å². The van der Waals surface area contributed by atoms with Gasteiger partial charge in [0.15, 0.2) is 0 Å². The van der Waals surface area contributed by atoms with Gasteiger partial charge >= 0.3 is 12.1 Å². The van der Waals surface area contributed by atoms with Crippen molar-refractivity contribution >= 4 is 18.0 Å². The molecular formula is C14H20N2O5. The monoisotopic (exact) mass is 296 g/mol. The molecule has 0 saturated heterocycles. The lowest BCUT2D eigenvalue weighted by molar-refractivity contribution is -0.148. The van der Waals surface area contributed by atoms with Crippen LogP contribution in [0.5, 0.6) is 0 Å². The summed E-state index contributed by atoms with van der Waals surface area (Å²) in [5.74, 6) is -3.07. The van der Waals surface area contributed by atoms with Crippen LogP contribution in [0.25, 0.3) is 0 Å². The Hall–Kier alpha value is -2.05. The van der Waals surface area contributed by atoms with Gasteiger partial charge in [0.25, 0.3) is 0 Å². The molecule has 7 nitrogen and oxygen atoms in total. The van der Waals surface area contributed by atoms with Crippen molar-refractivity contribution in [2.45, 2.75) is 32.8 Å². The molecule has 0 radical (unpaired) electrons. The van der Waals surface area contributed by atoms with E-state index in [-0.39, 0.29) is 11.8 Å². The summed E-state index contributed by atoms with van der Waals surface area (Å²) in [6, 6.07) is 0. The van der Waals surface area contributed by atoms with Crippen molar-refractivity contribution in [3.8, 4) is 0 Å². The van der Waals surface area contributed by atoms with Crippen molar-refractivity contribution in [3.05, 3.63) is 12.2 Å². The number of ether oxygens (including phenoxy) is 1. The average Bonchev–Trinajstić information content (AvgIpc) is 2.93. The second kappa shape index (κ2) is 5.38. The first kappa shape index (κ1) is 15.3. The highest BCUT2D eigenvalue weighted by Crippen LogP contribution is 2.48. The predicted octanol–water partition coefficient (Wildman–Crippen LogP) is 1.07. The summed E-state index contributed by atoms with van der Waals surface area (Å²) in [6.07, 6.45) is 3.62. The molecule has 0 spiro atoms. The van der Waals surface area contributed by atoms with Gasteiger partial charge in [0.05, 0.1) is 11.8 Å². The fourth-order valence-corrected chi connectivity index (χ4v) is 3.02. The summed E-state index contributed by atoms with van der Waals surface area (Å²) in [4.78, 5) is 34.9. The van der Waals surface area contributed by atoms with Crippen LogP contribution in [-0.4, -0.2) is 28.7 Å². The van der Waals surface area contributed by atoms with Crippen molar-refractivity contribution in [2.75, 3.05) is 0 Å². The molecule has 1 saturated carbocycles. The summed E-state index contributed by atoms with van der Waals surface area (Å²) in [5.41, 5.74) is 3.74. The van der Waals surface area contributed by atoms with Crippen molar-refractivity contribution in [1.29, 1.82) is 0 Å². The first-order valence-electron chi connectivity index (χ1n) is 6.89. The number of aliphatic carboxylic acids is 1. The second-order valence-corrected chi connectivity index (χ2v) is 6.45. The maximum atomic E-state index is 12.1. The number of carboxylic acid groups (broad SMARTS) is 1. The van der Waals surface area contributed by atoms with E-state index < -0.39 is 35.4 Å². The largest absolute Gasteiger partial charge is 0.481 e. The van der Waals surface area contributed by atoms with Gasteiger partial charge < -0.3 is 9.84 Å². The molecule has 0 aromatic rings. The third-order valence-corrected chi connectivity index (χ3v) is 3.73. The lowest BCUT2D eigenvalue weighted by Gasteiger charge is -2.24. The number of carbonyl (C=O) groups excluding carboxylic acids is 2. The van der Waals surface area contributed by atoms with Gasteiger partial charge in [-0.05, 0) is 39.0 Å².